The van der Waals surface area contributed by atoms with E-state index in [9.17, 15) is 22.8 Å². The van der Waals surface area contributed by atoms with E-state index in [0.717, 1.165) is 13.2 Å². The van der Waals surface area contributed by atoms with Gasteiger partial charge in [-0.3, -0.25) is 4.79 Å². The number of carbonyl (C=O) groups is 2. The topological polar surface area (TPSA) is 99.9 Å². The van der Waals surface area contributed by atoms with Crippen molar-refractivity contribution in [2.45, 2.75) is 18.7 Å². The van der Waals surface area contributed by atoms with E-state index in [1.807, 2.05) is 0 Å². The molecule has 7 nitrogen and oxygen atoms in total. The Morgan fingerprint density at radius 2 is 1.96 bits per heavy atom. The van der Waals surface area contributed by atoms with Gasteiger partial charge >= 0.3 is 12.1 Å². The molecule has 0 saturated carbocycles. The Labute approximate surface area is 142 Å². The predicted molar refractivity (Wildman–Crippen MR) is 82.4 cm³/mol. The highest BCUT2D eigenvalue weighted by Crippen LogP contribution is 2.28. The van der Waals surface area contributed by atoms with Crippen molar-refractivity contribution in [3.8, 4) is 5.75 Å². The summed E-state index contributed by atoms with van der Waals surface area (Å²) >= 11 is 0. The van der Waals surface area contributed by atoms with E-state index in [0.29, 0.717) is 0 Å². The highest BCUT2D eigenvalue weighted by atomic mass is 19.4. The van der Waals surface area contributed by atoms with Gasteiger partial charge in [-0.05, 0) is 18.2 Å². The van der Waals surface area contributed by atoms with E-state index in [-0.39, 0.29) is 30.0 Å². The second kappa shape index (κ2) is 9.23. The maximum atomic E-state index is 12.4. The molecule has 10 heteroatoms. The van der Waals surface area contributed by atoms with E-state index >= 15 is 0 Å². The molecule has 3 N–H and O–H groups in total. The molecule has 0 radical (unpaired) electrons. The quantitative estimate of drug-likeness (QED) is 0.682. The zero-order chi connectivity index (χ0) is 19.0. The second-order valence-corrected chi connectivity index (χ2v) is 4.95. The summed E-state index contributed by atoms with van der Waals surface area (Å²) in [6.07, 6.45) is -5.21. The van der Waals surface area contributed by atoms with Gasteiger partial charge in [-0.15, -0.1) is 0 Å². The van der Waals surface area contributed by atoms with E-state index in [1.54, 1.807) is 0 Å². The maximum Gasteiger partial charge on any atom is 0.422 e. The zero-order valence-corrected chi connectivity index (χ0v) is 13.7. The molecule has 1 amide bonds. The van der Waals surface area contributed by atoms with Crippen molar-refractivity contribution in [3.63, 3.8) is 0 Å². The SMILES string of the molecule is COC(=O)c1ccc(NC(=O)CC(CN)OC)c(OCC(F)(F)F)c1. The third-order valence-corrected chi connectivity index (χ3v) is 3.08. The number of esters is 1. The Kier molecular flexibility index (Phi) is 7.65. The van der Waals surface area contributed by atoms with Crippen LogP contribution < -0.4 is 15.8 Å². The van der Waals surface area contributed by atoms with Crippen molar-refractivity contribution < 1.29 is 37.0 Å². The molecular weight excluding hydrogens is 345 g/mol. The number of benzene rings is 1. The monoisotopic (exact) mass is 364 g/mol. The van der Waals surface area contributed by atoms with Gasteiger partial charge in [0.25, 0.3) is 0 Å². The maximum absolute atomic E-state index is 12.4. The first-order valence-corrected chi connectivity index (χ1v) is 7.14. The molecule has 1 rings (SSSR count). The summed E-state index contributed by atoms with van der Waals surface area (Å²) in [7, 11) is 2.51. The number of nitrogens with one attached hydrogen (secondary N) is 1. The molecule has 0 aliphatic heterocycles. The predicted octanol–water partition coefficient (Wildman–Crippen LogP) is 1.72. The largest absolute Gasteiger partial charge is 0.482 e. The fourth-order valence-electron chi connectivity index (χ4n) is 1.82. The Hall–Kier alpha value is -2.33. The molecule has 0 fully saturated rings. The van der Waals surface area contributed by atoms with Gasteiger partial charge in [0.05, 0.1) is 30.9 Å². The third kappa shape index (κ3) is 6.98. The van der Waals surface area contributed by atoms with E-state index in [1.165, 1.54) is 19.2 Å². The van der Waals surface area contributed by atoms with Crippen LogP contribution in [0.3, 0.4) is 0 Å². The van der Waals surface area contributed by atoms with Gasteiger partial charge in [0, 0.05) is 13.7 Å². The number of rotatable bonds is 8. The number of halogens is 3. The van der Waals surface area contributed by atoms with Crippen LogP contribution in [-0.4, -0.2) is 51.5 Å². The van der Waals surface area contributed by atoms with Gasteiger partial charge in [-0.1, -0.05) is 0 Å². The lowest BCUT2D eigenvalue weighted by Gasteiger charge is -2.16. The zero-order valence-electron chi connectivity index (χ0n) is 13.7. The van der Waals surface area contributed by atoms with Crippen LogP contribution in [0.4, 0.5) is 18.9 Å². The summed E-state index contributed by atoms with van der Waals surface area (Å²) in [5.41, 5.74) is 5.37. The van der Waals surface area contributed by atoms with Gasteiger partial charge in [0.1, 0.15) is 5.75 Å². The van der Waals surface area contributed by atoms with Crippen molar-refractivity contribution in [1.29, 1.82) is 0 Å². The molecule has 1 unspecified atom stereocenters. The minimum Gasteiger partial charge on any atom is -0.482 e. The fraction of sp³-hybridized carbons (Fsp3) is 0.467. The summed E-state index contributed by atoms with van der Waals surface area (Å²) in [6.45, 7) is -1.48. The van der Waals surface area contributed by atoms with Crippen LogP contribution in [-0.2, 0) is 14.3 Å². The van der Waals surface area contributed by atoms with E-state index < -0.39 is 30.8 Å². The Balaban J connectivity index is 2.99. The van der Waals surface area contributed by atoms with Crippen molar-refractivity contribution in [2.75, 3.05) is 32.7 Å². The Morgan fingerprint density at radius 1 is 1.28 bits per heavy atom. The number of amides is 1. The van der Waals surface area contributed by atoms with Gasteiger partial charge in [-0.25, -0.2) is 4.79 Å². The molecular formula is C15H19F3N2O5. The third-order valence-electron chi connectivity index (χ3n) is 3.08. The first-order valence-electron chi connectivity index (χ1n) is 7.14. The first-order chi connectivity index (χ1) is 11.7. The summed E-state index contributed by atoms with van der Waals surface area (Å²) in [5, 5.41) is 2.41. The summed E-state index contributed by atoms with van der Waals surface area (Å²) in [5.74, 6) is -1.59. The second-order valence-electron chi connectivity index (χ2n) is 4.95. The van der Waals surface area contributed by atoms with Crippen LogP contribution in [0.15, 0.2) is 18.2 Å². The number of carbonyl (C=O) groups excluding carboxylic acids is 2. The molecule has 0 spiro atoms. The molecule has 1 aromatic carbocycles. The summed E-state index contributed by atoms with van der Waals surface area (Å²) < 4.78 is 51.3. The van der Waals surface area contributed by atoms with Gasteiger partial charge in [0.15, 0.2) is 6.61 Å². The number of methoxy groups -OCH3 is 2. The van der Waals surface area contributed by atoms with Gasteiger partial charge in [-0.2, -0.15) is 13.2 Å². The van der Waals surface area contributed by atoms with Crippen molar-refractivity contribution >= 4 is 17.6 Å². The Morgan fingerprint density at radius 3 is 2.48 bits per heavy atom. The number of ether oxygens (including phenoxy) is 3. The van der Waals surface area contributed by atoms with Crippen molar-refractivity contribution in [1.82, 2.24) is 0 Å². The van der Waals surface area contributed by atoms with Gasteiger partial charge in [0.2, 0.25) is 5.91 Å². The molecule has 0 aliphatic rings. The smallest absolute Gasteiger partial charge is 0.422 e. The van der Waals surface area contributed by atoms with Crippen LogP contribution in [0.2, 0.25) is 0 Å². The number of nitrogens with two attached hydrogens (primary N) is 1. The molecule has 0 heterocycles. The summed E-state index contributed by atoms with van der Waals surface area (Å²) in [6, 6.07) is 3.60. The molecule has 25 heavy (non-hydrogen) atoms. The van der Waals surface area contributed by atoms with E-state index in [2.05, 4.69) is 10.1 Å². The lowest BCUT2D eigenvalue weighted by atomic mass is 10.1. The minimum atomic E-state index is -4.58. The molecule has 1 aromatic rings. The number of hydrogen-bond acceptors (Lipinski definition) is 6. The molecule has 0 aliphatic carbocycles. The highest BCUT2D eigenvalue weighted by molar-refractivity contribution is 5.95. The van der Waals surface area contributed by atoms with Crippen LogP contribution in [0.5, 0.6) is 5.75 Å². The van der Waals surface area contributed by atoms with Crippen molar-refractivity contribution in [2.24, 2.45) is 5.73 Å². The number of alkyl halides is 3. The number of hydrogen-bond donors (Lipinski definition) is 2. The highest BCUT2D eigenvalue weighted by Gasteiger charge is 2.29. The molecule has 140 valence electrons. The van der Waals surface area contributed by atoms with Crippen LogP contribution in [0, 0.1) is 0 Å². The Bertz CT molecular complexity index is 603. The van der Waals surface area contributed by atoms with Crippen LogP contribution in [0.25, 0.3) is 0 Å². The molecule has 0 bridgehead atoms. The van der Waals surface area contributed by atoms with Crippen LogP contribution in [0.1, 0.15) is 16.8 Å². The summed E-state index contributed by atoms with van der Waals surface area (Å²) in [4.78, 5) is 23.5. The lowest BCUT2D eigenvalue weighted by molar-refractivity contribution is -0.153. The number of anilines is 1. The fourth-order valence-corrected chi connectivity index (χ4v) is 1.82. The average molecular weight is 364 g/mol. The van der Waals surface area contributed by atoms with Crippen LogP contribution >= 0.6 is 0 Å². The normalized spacial score (nSPS) is 12.4. The molecule has 1 atom stereocenters. The molecule has 0 aromatic heterocycles. The van der Waals surface area contributed by atoms with E-state index in [4.69, 9.17) is 15.2 Å². The van der Waals surface area contributed by atoms with Gasteiger partial charge < -0.3 is 25.3 Å². The minimum absolute atomic E-state index is 0.0191. The molecule has 0 saturated heterocycles. The average Bonchev–Trinajstić information content (AvgIpc) is 2.57. The van der Waals surface area contributed by atoms with Crippen molar-refractivity contribution in [3.05, 3.63) is 23.8 Å². The lowest BCUT2D eigenvalue weighted by Crippen LogP contribution is -2.28. The first kappa shape index (κ1) is 20.7. The standard InChI is InChI=1S/C15H19F3N2O5/c1-23-10(7-19)6-13(21)20-11-4-3-9(14(22)24-2)5-12(11)25-8-15(16,17)18/h3-5,10H,6-8,19H2,1-2H3,(H,20,21).